The highest BCUT2D eigenvalue weighted by Gasteiger charge is 2.24. The Bertz CT molecular complexity index is 675. The van der Waals surface area contributed by atoms with Crippen LogP contribution in [0, 0.1) is 0 Å². The number of halogens is 2. The van der Waals surface area contributed by atoms with Crippen molar-refractivity contribution in [2.45, 2.75) is 55.9 Å². The zero-order chi connectivity index (χ0) is 20.7. The number of hydrogen-bond donors (Lipinski definition) is 2. The lowest BCUT2D eigenvalue weighted by Crippen LogP contribution is -2.47. The summed E-state index contributed by atoms with van der Waals surface area (Å²) in [5.74, 6) is -2.80. The molecule has 1 heterocycles. The van der Waals surface area contributed by atoms with Crippen LogP contribution >= 0.6 is 11.8 Å². The molecule has 0 radical (unpaired) electrons. The second-order valence-electron chi connectivity index (χ2n) is 7.62. The van der Waals surface area contributed by atoms with Gasteiger partial charge in [-0.05, 0) is 45.7 Å². The number of ether oxygens (including phenoxy) is 1. The maximum atomic E-state index is 12.6. The van der Waals surface area contributed by atoms with Crippen LogP contribution in [0.15, 0.2) is 29.2 Å². The standard InChI is InChI=1S/C19H27F2N3O3S/c1-19(2,3)27-18(26)22-13-8-10-24(11-9-13)12-16(25)23-14-6-4-5-7-15(14)28-17(20)21/h4-7,13,17H,8-12H2,1-3H3,(H,22,26)(H,23,25). The van der Waals surface area contributed by atoms with Crippen molar-refractivity contribution in [2.75, 3.05) is 25.0 Å². The molecule has 0 aromatic heterocycles. The van der Waals surface area contributed by atoms with Gasteiger partial charge in [-0.1, -0.05) is 23.9 Å². The van der Waals surface area contributed by atoms with E-state index in [2.05, 4.69) is 10.6 Å². The van der Waals surface area contributed by atoms with Gasteiger partial charge in [0.05, 0.1) is 12.2 Å². The number of likely N-dealkylation sites (tertiary alicyclic amines) is 1. The number of anilines is 1. The molecule has 1 aromatic rings. The van der Waals surface area contributed by atoms with Crippen molar-refractivity contribution in [1.29, 1.82) is 0 Å². The number of amides is 2. The molecule has 0 spiro atoms. The van der Waals surface area contributed by atoms with E-state index in [1.807, 2.05) is 25.7 Å². The second-order valence-corrected chi connectivity index (χ2v) is 8.65. The summed E-state index contributed by atoms with van der Waals surface area (Å²) in [6.07, 6.45) is 0.992. The van der Waals surface area contributed by atoms with Crippen LogP contribution in [-0.4, -0.2) is 53.9 Å². The number of carbonyl (C=O) groups excluding carboxylic acids is 2. The van der Waals surface area contributed by atoms with E-state index >= 15 is 0 Å². The Labute approximate surface area is 168 Å². The number of thioether (sulfide) groups is 1. The van der Waals surface area contributed by atoms with E-state index in [4.69, 9.17) is 4.74 Å². The first-order chi connectivity index (χ1) is 13.1. The minimum atomic E-state index is -2.55. The molecule has 2 rings (SSSR count). The molecule has 6 nitrogen and oxygen atoms in total. The third kappa shape index (κ3) is 8.02. The van der Waals surface area contributed by atoms with Crippen LogP contribution < -0.4 is 10.6 Å². The van der Waals surface area contributed by atoms with Gasteiger partial charge in [-0.15, -0.1) is 0 Å². The number of alkyl carbamates (subject to hydrolysis) is 1. The van der Waals surface area contributed by atoms with E-state index in [-0.39, 0.29) is 18.5 Å². The quantitative estimate of drug-likeness (QED) is 0.689. The maximum absolute atomic E-state index is 12.6. The number of para-hydroxylation sites is 1. The Hall–Kier alpha value is -1.87. The molecule has 1 saturated heterocycles. The molecule has 28 heavy (non-hydrogen) atoms. The lowest BCUT2D eigenvalue weighted by molar-refractivity contribution is -0.117. The van der Waals surface area contributed by atoms with E-state index in [0.29, 0.717) is 48.3 Å². The Morgan fingerprint density at radius 1 is 1.25 bits per heavy atom. The number of nitrogens with zero attached hydrogens (tertiary/aromatic N) is 1. The molecule has 1 aliphatic heterocycles. The predicted octanol–water partition coefficient (Wildman–Crippen LogP) is 3.93. The minimum absolute atomic E-state index is 0.0114. The van der Waals surface area contributed by atoms with Crippen LogP contribution in [0.25, 0.3) is 0 Å². The van der Waals surface area contributed by atoms with E-state index in [0.717, 1.165) is 0 Å². The fourth-order valence-corrected chi connectivity index (χ4v) is 3.47. The summed E-state index contributed by atoms with van der Waals surface area (Å²) in [7, 11) is 0. The summed E-state index contributed by atoms with van der Waals surface area (Å²) < 4.78 is 30.5. The topological polar surface area (TPSA) is 70.7 Å². The fourth-order valence-electron chi connectivity index (χ4n) is 2.87. The van der Waals surface area contributed by atoms with Gasteiger partial charge in [0.15, 0.2) is 0 Å². The summed E-state index contributed by atoms with van der Waals surface area (Å²) in [4.78, 5) is 26.4. The van der Waals surface area contributed by atoms with Crippen LogP contribution in [0.4, 0.5) is 19.3 Å². The fraction of sp³-hybridized carbons (Fsp3) is 0.579. The number of hydrogen-bond acceptors (Lipinski definition) is 5. The summed E-state index contributed by atoms with van der Waals surface area (Å²) in [5, 5.41) is 5.56. The maximum Gasteiger partial charge on any atom is 0.407 e. The minimum Gasteiger partial charge on any atom is -0.444 e. The smallest absolute Gasteiger partial charge is 0.407 e. The summed E-state index contributed by atoms with van der Waals surface area (Å²) in [6, 6.07) is 6.53. The lowest BCUT2D eigenvalue weighted by atomic mass is 10.1. The summed E-state index contributed by atoms with van der Waals surface area (Å²) in [6.45, 7) is 6.92. The molecule has 0 saturated carbocycles. The molecule has 0 atom stereocenters. The molecule has 0 aliphatic carbocycles. The molecule has 156 valence electrons. The van der Waals surface area contributed by atoms with Crippen molar-refractivity contribution in [3.63, 3.8) is 0 Å². The molecule has 0 bridgehead atoms. The van der Waals surface area contributed by atoms with Crippen molar-refractivity contribution in [3.8, 4) is 0 Å². The molecule has 0 unspecified atom stereocenters. The Morgan fingerprint density at radius 2 is 1.89 bits per heavy atom. The van der Waals surface area contributed by atoms with Crippen molar-refractivity contribution in [2.24, 2.45) is 0 Å². The van der Waals surface area contributed by atoms with Gasteiger partial charge in [-0.2, -0.15) is 8.78 Å². The zero-order valence-corrected chi connectivity index (χ0v) is 17.2. The number of nitrogens with one attached hydrogen (secondary N) is 2. The van der Waals surface area contributed by atoms with Crippen molar-refractivity contribution < 1.29 is 23.1 Å². The Balaban J connectivity index is 1.77. The van der Waals surface area contributed by atoms with E-state index in [1.165, 1.54) is 0 Å². The number of rotatable bonds is 6. The highest BCUT2D eigenvalue weighted by atomic mass is 32.2. The predicted molar refractivity (Wildman–Crippen MR) is 106 cm³/mol. The van der Waals surface area contributed by atoms with E-state index in [9.17, 15) is 18.4 Å². The SMILES string of the molecule is CC(C)(C)OC(=O)NC1CCN(CC(=O)Nc2ccccc2SC(F)F)CC1. The molecule has 1 aromatic carbocycles. The monoisotopic (exact) mass is 415 g/mol. The number of alkyl halides is 2. The van der Waals surface area contributed by atoms with Crippen molar-refractivity contribution in [3.05, 3.63) is 24.3 Å². The first kappa shape index (κ1) is 22.4. The summed E-state index contributed by atoms with van der Waals surface area (Å²) >= 11 is 0.409. The average molecular weight is 416 g/mol. The summed E-state index contributed by atoms with van der Waals surface area (Å²) in [5.41, 5.74) is -0.152. The third-order valence-electron chi connectivity index (χ3n) is 4.05. The molecule has 2 N–H and O–H groups in total. The van der Waals surface area contributed by atoms with E-state index in [1.54, 1.807) is 24.3 Å². The van der Waals surface area contributed by atoms with Gasteiger partial charge < -0.3 is 15.4 Å². The van der Waals surface area contributed by atoms with Crippen molar-refractivity contribution in [1.82, 2.24) is 10.2 Å². The highest BCUT2D eigenvalue weighted by molar-refractivity contribution is 7.99. The Morgan fingerprint density at radius 3 is 2.50 bits per heavy atom. The number of benzene rings is 1. The van der Waals surface area contributed by atoms with Gasteiger partial charge in [0, 0.05) is 24.0 Å². The van der Waals surface area contributed by atoms with E-state index < -0.39 is 17.5 Å². The first-order valence-corrected chi connectivity index (χ1v) is 10.1. The molecular formula is C19H27F2N3O3S. The van der Waals surface area contributed by atoms with Gasteiger partial charge in [0.1, 0.15) is 5.60 Å². The largest absolute Gasteiger partial charge is 0.444 e. The van der Waals surface area contributed by atoms with Gasteiger partial charge >= 0.3 is 6.09 Å². The molecular weight excluding hydrogens is 388 g/mol. The molecule has 9 heteroatoms. The number of carbonyl (C=O) groups is 2. The van der Waals surface area contributed by atoms with Gasteiger partial charge in [-0.3, -0.25) is 9.69 Å². The van der Waals surface area contributed by atoms with Crippen molar-refractivity contribution >= 4 is 29.4 Å². The Kier molecular flexibility index (Phi) is 8.06. The van der Waals surface area contributed by atoms with Crippen LogP contribution in [0.3, 0.4) is 0 Å². The number of piperidine rings is 1. The first-order valence-electron chi connectivity index (χ1n) is 9.18. The zero-order valence-electron chi connectivity index (χ0n) is 16.3. The molecule has 2 amide bonds. The third-order valence-corrected chi connectivity index (χ3v) is 4.84. The highest BCUT2D eigenvalue weighted by Crippen LogP contribution is 2.31. The van der Waals surface area contributed by atoms with Gasteiger partial charge in [0.2, 0.25) is 5.91 Å². The van der Waals surface area contributed by atoms with Crippen LogP contribution in [0.2, 0.25) is 0 Å². The normalized spacial score (nSPS) is 16.1. The van der Waals surface area contributed by atoms with Gasteiger partial charge in [0.25, 0.3) is 5.76 Å². The molecule has 1 aliphatic rings. The average Bonchev–Trinajstić information content (AvgIpc) is 2.56. The second kappa shape index (κ2) is 10.1. The van der Waals surface area contributed by atoms with Crippen LogP contribution in [-0.2, 0) is 9.53 Å². The van der Waals surface area contributed by atoms with Gasteiger partial charge in [-0.25, -0.2) is 4.79 Å². The van der Waals surface area contributed by atoms with Crippen LogP contribution in [0.1, 0.15) is 33.6 Å². The molecule has 1 fully saturated rings. The van der Waals surface area contributed by atoms with Crippen LogP contribution in [0.5, 0.6) is 0 Å². The lowest BCUT2D eigenvalue weighted by Gasteiger charge is -2.32.